The Balaban J connectivity index is 1.48. The van der Waals surface area contributed by atoms with Crippen LogP contribution in [0.5, 0.6) is 11.5 Å². The maximum atomic E-state index is 9.95. The molecule has 0 aliphatic heterocycles. The zero-order valence-electron chi connectivity index (χ0n) is 16.8. The van der Waals surface area contributed by atoms with Gasteiger partial charge >= 0.3 is 0 Å². The van der Waals surface area contributed by atoms with Crippen LogP contribution < -0.4 is 0 Å². The summed E-state index contributed by atoms with van der Waals surface area (Å²) in [4.78, 5) is 9.46. The van der Waals surface area contributed by atoms with E-state index in [0.717, 1.165) is 35.6 Å². The van der Waals surface area contributed by atoms with Gasteiger partial charge in [0.15, 0.2) is 0 Å². The van der Waals surface area contributed by atoms with Crippen LogP contribution in [0.25, 0.3) is 0 Å². The maximum absolute atomic E-state index is 9.95. The third-order valence-electron chi connectivity index (χ3n) is 5.73. The number of phenolic OH excluding ortho intramolecular Hbond substituents is 2. The van der Waals surface area contributed by atoms with Gasteiger partial charge in [0.25, 0.3) is 0 Å². The number of rotatable bonds is 6. The lowest BCUT2D eigenvalue weighted by molar-refractivity contribution is 0.286. The van der Waals surface area contributed by atoms with Crippen LogP contribution in [0.2, 0.25) is 0 Å². The highest BCUT2D eigenvalue weighted by atomic mass is 16.3. The van der Waals surface area contributed by atoms with Crippen molar-refractivity contribution in [1.29, 1.82) is 0 Å². The molecule has 1 fully saturated rings. The average molecular weight is 379 g/mol. The van der Waals surface area contributed by atoms with Gasteiger partial charge in [-0.3, -0.25) is 9.98 Å². The predicted molar refractivity (Wildman–Crippen MR) is 116 cm³/mol. The maximum Gasteiger partial charge on any atom is 0.124 e. The van der Waals surface area contributed by atoms with E-state index < -0.39 is 0 Å². The fraction of sp³-hybridized carbons (Fsp3) is 0.417. The van der Waals surface area contributed by atoms with Crippen molar-refractivity contribution in [3.05, 3.63) is 59.7 Å². The first-order valence-corrected chi connectivity index (χ1v) is 10.1. The van der Waals surface area contributed by atoms with Gasteiger partial charge < -0.3 is 10.2 Å². The molecule has 0 heterocycles. The van der Waals surface area contributed by atoms with E-state index in [1.54, 1.807) is 12.1 Å². The molecule has 0 saturated heterocycles. The molecule has 148 valence electrons. The molecule has 0 amide bonds. The Morgan fingerprint density at radius 1 is 0.714 bits per heavy atom. The van der Waals surface area contributed by atoms with Crippen LogP contribution in [-0.2, 0) is 0 Å². The van der Waals surface area contributed by atoms with Crippen LogP contribution in [0.3, 0.4) is 0 Å². The summed E-state index contributed by atoms with van der Waals surface area (Å²) >= 11 is 0. The van der Waals surface area contributed by atoms with Crippen LogP contribution in [0.15, 0.2) is 58.5 Å². The average Bonchev–Trinajstić information content (AvgIpc) is 2.71. The molecule has 3 rings (SSSR count). The van der Waals surface area contributed by atoms with E-state index in [1.807, 2.05) is 50.2 Å². The number of hydrogen-bond donors (Lipinski definition) is 2. The Hall–Kier alpha value is -2.62. The molecule has 0 bridgehead atoms. The zero-order valence-corrected chi connectivity index (χ0v) is 16.8. The van der Waals surface area contributed by atoms with Crippen LogP contribution in [-0.4, -0.2) is 34.7 Å². The van der Waals surface area contributed by atoms with Crippen molar-refractivity contribution in [2.24, 2.45) is 21.8 Å². The number of aromatic hydroxyl groups is 2. The van der Waals surface area contributed by atoms with Crippen LogP contribution in [0.1, 0.15) is 50.7 Å². The molecular weight excluding hydrogens is 348 g/mol. The van der Waals surface area contributed by atoms with E-state index >= 15 is 0 Å². The molecule has 4 heteroatoms. The lowest BCUT2D eigenvalue weighted by atomic mass is 9.82. The topological polar surface area (TPSA) is 65.2 Å². The van der Waals surface area contributed by atoms with E-state index in [-0.39, 0.29) is 0 Å². The molecule has 1 aliphatic rings. The second kappa shape index (κ2) is 9.54. The molecule has 0 aromatic heterocycles. The van der Waals surface area contributed by atoms with Gasteiger partial charge in [0, 0.05) is 35.6 Å². The lowest BCUT2D eigenvalue weighted by Crippen LogP contribution is -2.19. The largest absolute Gasteiger partial charge is 0.507 e. The van der Waals surface area contributed by atoms with Crippen LogP contribution in [0, 0.1) is 11.8 Å². The van der Waals surface area contributed by atoms with Crippen LogP contribution in [0.4, 0.5) is 0 Å². The monoisotopic (exact) mass is 378 g/mol. The zero-order chi connectivity index (χ0) is 19.9. The highest BCUT2D eigenvalue weighted by molar-refractivity contribution is 6.01. The molecule has 0 atom stereocenters. The van der Waals surface area contributed by atoms with Crippen molar-refractivity contribution in [3.8, 4) is 11.5 Å². The molecule has 0 spiro atoms. The van der Waals surface area contributed by atoms with E-state index in [4.69, 9.17) is 9.98 Å². The molecule has 28 heavy (non-hydrogen) atoms. The predicted octanol–water partition coefficient (Wildman–Crippen LogP) is 5.22. The summed E-state index contributed by atoms with van der Waals surface area (Å²) in [7, 11) is 0. The van der Waals surface area contributed by atoms with E-state index in [2.05, 4.69) is 0 Å². The number of hydrogen-bond acceptors (Lipinski definition) is 4. The standard InChI is InChI=1S/C24H30N2O2/c1-17(21-7-3-5-9-23(21)27)25-15-19-11-13-20(14-12-19)16-26-18(2)22-8-4-6-10-24(22)28/h3-10,19-20,27-28H,11-16H2,1-2H3. The SMILES string of the molecule is CC(=NCC1CCC(CN=C(C)c2ccccc2O)CC1)c1ccccc1O. The van der Waals surface area contributed by atoms with Crippen molar-refractivity contribution < 1.29 is 10.2 Å². The van der Waals surface area contributed by atoms with E-state index in [9.17, 15) is 10.2 Å². The molecule has 2 aromatic carbocycles. The number of aliphatic imine (C=N–C) groups is 2. The minimum atomic E-state index is 0.296. The van der Waals surface area contributed by atoms with Crippen molar-refractivity contribution in [2.45, 2.75) is 39.5 Å². The summed E-state index contributed by atoms with van der Waals surface area (Å²) in [5.74, 6) is 1.82. The van der Waals surface area contributed by atoms with Gasteiger partial charge in [0.2, 0.25) is 0 Å². The van der Waals surface area contributed by atoms with E-state index in [1.165, 1.54) is 25.7 Å². The second-order valence-electron chi connectivity index (χ2n) is 7.77. The summed E-state index contributed by atoms with van der Waals surface area (Å²) in [5.41, 5.74) is 3.46. The highest BCUT2D eigenvalue weighted by Crippen LogP contribution is 2.30. The smallest absolute Gasteiger partial charge is 0.124 e. The third kappa shape index (κ3) is 5.22. The summed E-state index contributed by atoms with van der Waals surface area (Å²) in [6.07, 6.45) is 4.70. The van der Waals surface area contributed by atoms with Crippen LogP contribution >= 0.6 is 0 Å². The molecule has 2 N–H and O–H groups in total. The molecule has 0 radical (unpaired) electrons. The normalized spacial score (nSPS) is 20.9. The first-order chi connectivity index (χ1) is 13.5. The second-order valence-corrected chi connectivity index (χ2v) is 7.77. The molecule has 4 nitrogen and oxygen atoms in total. The van der Waals surface area contributed by atoms with Gasteiger partial charge in [-0.15, -0.1) is 0 Å². The minimum Gasteiger partial charge on any atom is -0.507 e. The quantitative estimate of drug-likeness (QED) is 0.677. The molecular formula is C24H30N2O2. The third-order valence-corrected chi connectivity index (χ3v) is 5.73. The van der Waals surface area contributed by atoms with Gasteiger partial charge in [-0.1, -0.05) is 24.3 Å². The fourth-order valence-corrected chi connectivity index (χ4v) is 3.86. The molecule has 1 aliphatic carbocycles. The first-order valence-electron chi connectivity index (χ1n) is 10.1. The number of phenols is 2. The highest BCUT2D eigenvalue weighted by Gasteiger charge is 2.21. The van der Waals surface area contributed by atoms with Gasteiger partial charge in [-0.2, -0.15) is 0 Å². The van der Waals surface area contributed by atoms with Crippen molar-refractivity contribution in [1.82, 2.24) is 0 Å². The fourth-order valence-electron chi connectivity index (χ4n) is 3.86. The minimum absolute atomic E-state index is 0.296. The summed E-state index contributed by atoms with van der Waals surface area (Å²) in [6, 6.07) is 14.8. The van der Waals surface area contributed by atoms with Gasteiger partial charge in [-0.25, -0.2) is 0 Å². The van der Waals surface area contributed by atoms with Crippen molar-refractivity contribution >= 4 is 11.4 Å². The Morgan fingerprint density at radius 2 is 1.07 bits per heavy atom. The summed E-state index contributed by atoms with van der Waals surface area (Å²) in [6.45, 7) is 5.59. The first kappa shape index (κ1) is 20.1. The van der Waals surface area contributed by atoms with Crippen molar-refractivity contribution in [2.75, 3.05) is 13.1 Å². The van der Waals surface area contributed by atoms with Gasteiger partial charge in [-0.05, 0) is 75.6 Å². The van der Waals surface area contributed by atoms with Gasteiger partial charge in [0.05, 0.1) is 0 Å². The van der Waals surface area contributed by atoms with Crippen molar-refractivity contribution in [3.63, 3.8) is 0 Å². The molecule has 1 saturated carbocycles. The molecule has 0 unspecified atom stereocenters. The van der Waals surface area contributed by atoms with Gasteiger partial charge in [0.1, 0.15) is 11.5 Å². The lowest BCUT2D eigenvalue weighted by Gasteiger charge is -2.26. The Bertz CT molecular complexity index is 778. The number of benzene rings is 2. The Morgan fingerprint density at radius 3 is 1.43 bits per heavy atom. The number of para-hydroxylation sites is 2. The number of nitrogens with zero attached hydrogens (tertiary/aromatic N) is 2. The van der Waals surface area contributed by atoms with E-state index in [0.29, 0.717) is 23.3 Å². The summed E-state index contributed by atoms with van der Waals surface area (Å²) < 4.78 is 0. The Labute approximate surface area is 167 Å². The summed E-state index contributed by atoms with van der Waals surface area (Å²) in [5, 5.41) is 19.9. The Kier molecular flexibility index (Phi) is 6.85. The molecule has 2 aromatic rings.